The normalized spacial score (nSPS) is 18.9. The quantitative estimate of drug-likeness (QED) is 0.445. The topological polar surface area (TPSA) is 123 Å². The Morgan fingerprint density at radius 1 is 1.03 bits per heavy atom. The summed E-state index contributed by atoms with van der Waals surface area (Å²) in [6.07, 6.45) is 0.655. The van der Waals surface area contributed by atoms with Crippen molar-refractivity contribution in [2.75, 3.05) is 46.1 Å². The van der Waals surface area contributed by atoms with E-state index < -0.39 is 24.1 Å². The molecule has 0 radical (unpaired) electrons. The second-order valence-corrected chi connectivity index (χ2v) is 8.82. The predicted molar refractivity (Wildman–Crippen MR) is 127 cm³/mol. The average Bonchev–Trinajstić information content (AvgIpc) is 3.20. The number of hydrogen-bond acceptors (Lipinski definition) is 6. The second kappa shape index (κ2) is 11.3. The van der Waals surface area contributed by atoms with E-state index in [0.29, 0.717) is 19.4 Å². The maximum Gasteiger partial charge on any atom is 0.407 e. The Kier molecular flexibility index (Phi) is 7.99. The number of ether oxygens (including phenoxy) is 3. The highest BCUT2D eigenvalue weighted by Gasteiger charge is 2.41. The Morgan fingerprint density at radius 3 is 2.34 bits per heavy atom. The molecule has 186 valence electrons. The monoisotopic (exact) mass is 482 g/mol. The van der Waals surface area contributed by atoms with E-state index >= 15 is 0 Å². The lowest BCUT2D eigenvalue weighted by Gasteiger charge is -2.35. The molecule has 1 unspecified atom stereocenters. The molecule has 35 heavy (non-hydrogen) atoms. The molecule has 2 aliphatic rings. The lowest BCUT2D eigenvalue weighted by molar-refractivity contribution is -0.142. The molecule has 1 fully saturated rings. The third-order valence-corrected chi connectivity index (χ3v) is 6.48. The van der Waals surface area contributed by atoms with E-state index in [4.69, 9.17) is 19.3 Å². The summed E-state index contributed by atoms with van der Waals surface area (Å²) in [6, 6.07) is 16.2. The van der Waals surface area contributed by atoms with Crippen molar-refractivity contribution in [3.63, 3.8) is 0 Å². The standard InChI is InChI=1S/C26H30N2O7/c29-23(30)15-33-13-11-27-24(31)26(10-5-12-34-17-26)16-28-25(32)35-14-22-20-8-3-1-6-18(20)19-7-2-4-9-21(19)22/h1-4,6-9,22H,5,10-17H2,(H,27,31)(H,28,32)(H,29,30). The van der Waals surface area contributed by atoms with E-state index in [1.54, 1.807) is 0 Å². The fraction of sp³-hybridized carbons (Fsp3) is 0.423. The Bertz CT molecular complexity index is 1020. The number of alkyl carbamates (subject to hydrolysis) is 1. The smallest absolute Gasteiger partial charge is 0.407 e. The molecule has 2 amide bonds. The summed E-state index contributed by atoms with van der Waals surface area (Å²) in [7, 11) is 0. The fourth-order valence-corrected chi connectivity index (χ4v) is 4.73. The minimum atomic E-state index is -1.07. The van der Waals surface area contributed by atoms with Crippen LogP contribution in [0.3, 0.4) is 0 Å². The van der Waals surface area contributed by atoms with Crippen LogP contribution >= 0.6 is 0 Å². The Hall–Kier alpha value is -3.43. The number of benzene rings is 2. The van der Waals surface area contributed by atoms with Gasteiger partial charge >= 0.3 is 12.1 Å². The SMILES string of the molecule is O=C(O)COCCNC(=O)C1(CNC(=O)OCC2c3ccccc3-c3ccccc32)CCCOC1. The first kappa shape index (κ1) is 24.7. The van der Waals surface area contributed by atoms with Crippen molar-refractivity contribution in [2.24, 2.45) is 5.41 Å². The number of fused-ring (bicyclic) bond motifs is 3. The van der Waals surface area contributed by atoms with Gasteiger partial charge in [-0.15, -0.1) is 0 Å². The molecule has 2 aromatic rings. The van der Waals surface area contributed by atoms with Gasteiger partial charge in [0.1, 0.15) is 13.2 Å². The molecule has 9 nitrogen and oxygen atoms in total. The number of carboxylic acids is 1. The van der Waals surface area contributed by atoms with Crippen LogP contribution in [0.15, 0.2) is 48.5 Å². The highest BCUT2D eigenvalue weighted by molar-refractivity contribution is 5.84. The summed E-state index contributed by atoms with van der Waals surface area (Å²) in [4.78, 5) is 36.1. The van der Waals surface area contributed by atoms with Gasteiger partial charge in [0.15, 0.2) is 0 Å². The van der Waals surface area contributed by atoms with Gasteiger partial charge in [0.05, 0.1) is 18.6 Å². The number of aliphatic carboxylic acids is 1. The molecule has 0 spiro atoms. The lowest BCUT2D eigenvalue weighted by Crippen LogP contribution is -2.53. The van der Waals surface area contributed by atoms with Crippen molar-refractivity contribution >= 4 is 18.0 Å². The number of nitrogens with one attached hydrogen (secondary N) is 2. The van der Waals surface area contributed by atoms with Gasteiger partial charge in [0.25, 0.3) is 0 Å². The van der Waals surface area contributed by atoms with Gasteiger partial charge in [0.2, 0.25) is 5.91 Å². The molecule has 0 saturated carbocycles. The number of rotatable bonds is 10. The van der Waals surface area contributed by atoms with E-state index in [1.807, 2.05) is 24.3 Å². The van der Waals surface area contributed by atoms with Crippen LogP contribution in [-0.4, -0.2) is 69.2 Å². The highest BCUT2D eigenvalue weighted by Crippen LogP contribution is 2.44. The molecule has 0 bridgehead atoms. The van der Waals surface area contributed by atoms with Crippen molar-refractivity contribution in [1.29, 1.82) is 0 Å². The first-order valence-corrected chi connectivity index (χ1v) is 11.7. The first-order chi connectivity index (χ1) is 17.0. The molecule has 2 aromatic carbocycles. The van der Waals surface area contributed by atoms with Crippen molar-refractivity contribution in [3.8, 4) is 11.1 Å². The zero-order valence-corrected chi connectivity index (χ0v) is 19.5. The lowest BCUT2D eigenvalue weighted by atomic mass is 9.81. The van der Waals surface area contributed by atoms with Gasteiger partial charge in [0, 0.05) is 25.6 Å². The predicted octanol–water partition coefficient (Wildman–Crippen LogP) is 2.54. The molecular weight excluding hydrogens is 452 g/mol. The van der Waals surface area contributed by atoms with Crippen LogP contribution in [0.4, 0.5) is 4.79 Å². The molecule has 9 heteroatoms. The molecule has 1 aliphatic heterocycles. The summed E-state index contributed by atoms with van der Waals surface area (Å²) in [5.74, 6) is -1.38. The minimum Gasteiger partial charge on any atom is -0.480 e. The zero-order valence-electron chi connectivity index (χ0n) is 19.5. The Morgan fingerprint density at radius 2 is 1.71 bits per heavy atom. The number of carboxylic acid groups (broad SMARTS) is 1. The van der Waals surface area contributed by atoms with E-state index in [2.05, 4.69) is 34.9 Å². The third kappa shape index (κ3) is 5.80. The van der Waals surface area contributed by atoms with Crippen molar-refractivity contribution in [3.05, 3.63) is 59.7 Å². The molecule has 1 heterocycles. The van der Waals surface area contributed by atoms with Gasteiger partial charge in [-0.2, -0.15) is 0 Å². The van der Waals surface area contributed by atoms with Gasteiger partial charge in [-0.3, -0.25) is 4.79 Å². The van der Waals surface area contributed by atoms with Gasteiger partial charge in [-0.05, 0) is 35.1 Å². The summed E-state index contributed by atoms with van der Waals surface area (Å²) in [5, 5.41) is 14.1. The van der Waals surface area contributed by atoms with E-state index in [9.17, 15) is 14.4 Å². The fourth-order valence-electron chi connectivity index (χ4n) is 4.73. The number of carbonyl (C=O) groups is 3. The molecule has 1 atom stereocenters. The molecule has 4 rings (SSSR count). The number of amides is 2. The van der Waals surface area contributed by atoms with Crippen LogP contribution < -0.4 is 10.6 Å². The van der Waals surface area contributed by atoms with E-state index in [1.165, 1.54) is 0 Å². The molecule has 0 aromatic heterocycles. The summed E-state index contributed by atoms with van der Waals surface area (Å²) in [6.45, 7) is 0.823. The third-order valence-electron chi connectivity index (χ3n) is 6.48. The Balaban J connectivity index is 1.32. The van der Waals surface area contributed by atoms with Crippen LogP contribution in [0.25, 0.3) is 11.1 Å². The van der Waals surface area contributed by atoms with Gasteiger partial charge in [-0.25, -0.2) is 9.59 Å². The van der Waals surface area contributed by atoms with Gasteiger partial charge in [-0.1, -0.05) is 48.5 Å². The van der Waals surface area contributed by atoms with Crippen LogP contribution in [0.2, 0.25) is 0 Å². The number of carbonyl (C=O) groups excluding carboxylic acids is 2. The van der Waals surface area contributed by atoms with Crippen LogP contribution in [0.1, 0.15) is 29.9 Å². The van der Waals surface area contributed by atoms with Crippen molar-refractivity contribution < 1.29 is 33.7 Å². The van der Waals surface area contributed by atoms with Gasteiger partial charge < -0.3 is 30.0 Å². The maximum absolute atomic E-state index is 12.9. The maximum atomic E-state index is 12.9. The van der Waals surface area contributed by atoms with E-state index in [0.717, 1.165) is 22.3 Å². The second-order valence-electron chi connectivity index (χ2n) is 8.82. The van der Waals surface area contributed by atoms with Crippen LogP contribution in [0, 0.1) is 5.41 Å². The van der Waals surface area contributed by atoms with Crippen LogP contribution in [-0.2, 0) is 23.8 Å². The summed E-state index contributed by atoms with van der Waals surface area (Å²) in [5.41, 5.74) is 3.64. The first-order valence-electron chi connectivity index (χ1n) is 11.7. The Labute approximate surface area is 203 Å². The zero-order chi connectivity index (χ0) is 24.7. The van der Waals surface area contributed by atoms with Crippen LogP contribution in [0.5, 0.6) is 0 Å². The summed E-state index contributed by atoms with van der Waals surface area (Å²) < 4.78 is 16.1. The highest BCUT2D eigenvalue weighted by atomic mass is 16.5. The molecular formula is C26H30N2O7. The molecule has 3 N–H and O–H groups in total. The van der Waals surface area contributed by atoms with Crippen molar-refractivity contribution in [1.82, 2.24) is 10.6 Å². The minimum absolute atomic E-state index is 0.0470. The summed E-state index contributed by atoms with van der Waals surface area (Å²) >= 11 is 0. The van der Waals surface area contributed by atoms with E-state index in [-0.39, 0.29) is 44.7 Å². The number of hydrogen-bond donors (Lipinski definition) is 3. The molecule has 1 aliphatic carbocycles. The largest absolute Gasteiger partial charge is 0.480 e. The average molecular weight is 483 g/mol. The van der Waals surface area contributed by atoms with Crippen molar-refractivity contribution in [2.45, 2.75) is 18.8 Å². The molecule has 1 saturated heterocycles.